The molecule has 0 saturated carbocycles. The Morgan fingerprint density at radius 1 is 1.26 bits per heavy atom. The van der Waals surface area contributed by atoms with Crippen molar-refractivity contribution in [1.29, 1.82) is 0 Å². The van der Waals surface area contributed by atoms with Crippen molar-refractivity contribution in [3.63, 3.8) is 0 Å². The smallest absolute Gasteiger partial charge is 0.129 e. The molecular formula is C11H26N4O3S. The lowest BCUT2D eigenvalue weighted by Gasteiger charge is -2.27. The van der Waals surface area contributed by atoms with Gasteiger partial charge in [-0.1, -0.05) is 6.42 Å². The van der Waals surface area contributed by atoms with Crippen LogP contribution in [0.5, 0.6) is 0 Å². The second-order valence-corrected chi connectivity index (χ2v) is 5.44. The molecule has 0 aromatic rings. The van der Waals surface area contributed by atoms with E-state index in [2.05, 4.69) is 5.32 Å². The minimum atomic E-state index is -1.12. The fourth-order valence-corrected chi connectivity index (χ4v) is 2.29. The van der Waals surface area contributed by atoms with Crippen LogP contribution in [0.1, 0.15) is 19.3 Å². The van der Waals surface area contributed by atoms with Gasteiger partial charge in [-0.2, -0.15) is 11.8 Å². The van der Waals surface area contributed by atoms with Crippen LogP contribution in [0.4, 0.5) is 0 Å². The zero-order chi connectivity index (χ0) is 14.7. The van der Waals surface area contributed by atoms with Gasteiger partial charge in [-0.15, -0.1) is 0 Å². The third kappa shape index (κ3) is 9.33. The minimum Gasteiger partial charge on any atom is -0.377 e. The highest BCUT2D eigenvalue weighted by molar-refractivity contribution is 7.99. The topological polar surface area (TPSA) is 148 Å². The molecular weight excluding hydrogens is 268 g/mol. The SMILES string of the molecule is NCCCCC(N)C(O)NC(CSCC=O)[C@H](N)O. The zero-order valence-corrected chi connectivity index (χ0v) is 11.9. The number of aliphatic hydroxyl groups excluding tert-OH is 2. The maximum atomic E-state index is 10.2. The van der Waals surface area contributed by atoms with Crippen LogP contribution in [0.25, 0.3) is 0 Å². The summed E-state index contributed by atoms with van der Waals surface area (Å²) in [5.41, 5.74) is 16.6. The number of hydrogen-bond donors (Lipinski definition) is 6. The third-order valence-corrected chi connectivity index (χ3v) is 3.64. The number of thioether (sulfide) groups is 1. The number of rotatable bonds is 12. The fraction of sp³-hybridized carbons (Fsp3) is 0.909. The van der Waals surface area contributed by atoms with Gasteiger partial charge in [0.2, 0.25) is 0 Å². The van der Waals surface area contributed by atoms with Crippen molar-refractivity contribution in [2.24, 2.45) is 17.2 Å². The van der Waals surface area contributed by atoms with Gasteiger partial charge in [0.1, 0.15) is 18.7 Å². The first-order valence-corrected chi connectivity index (χ1v) is 7.53. The standard InChI is InChI=1S/C11H26N4O3S/c12-4-2-1-3-8(13)11(18)15-9(10(14)17)7-19-6-5-16/h5,8-11,15,17-18H,1-4,6-7,12-14H2/t8?,9?,10-,11?/m1/s1. The molecule has 0 fully saturated rings. The summed E-state index contributed by atoms with van der Waals surface area (Å²) >= 11 is 1.33. The summed E-state index contributed by atoms with van der Waals surface area (Å²) in [6.45, 7) is 0.600. The van der Waals surface area contributed by atoms with Gasteiger partial charge in [0, 0.05) is 17.5 Å². The van der Waals surface area contributed by atoms with Gasteiger partial charge >= 0.3 is 0 Å². The molecule has 3 unspecified atom stereocenters. The maximum absolute atomic E-state index is 10.2. The molecule has 0 aliphatic heterocycles. The summed E-state index contributed by atoms with van der Waals surface area (Å²) in [5.74, 6) is 0.743. The summed E-state index contributed by atoms with van der Waals surface area (Å²) in [6, 6.07) is -0.954. The van der Waals surface area contributed by atoms with Gasteiger partial charge in [-0.05, 0) is 19.4 Å². The van der Waals surface area contributed by atoms with Crippen LogP contribution >= 0.6 is 11.8 Å². The summed E-state index contributed by atoms with van der Waals surface area (Å²) in [4.78, 5) is 10.2. The molecule has 9 N–H and O–H groups in total. The lowest BCUT2D eigenvalue weighted by molar-refractivity contribution is -0.105. The first-order chi connectivity index (χ1) is 9.02. The van der Waals surface area contributed by atoms with E-state index in [0.717, 1.165) is 19.1 Å². The van der Waals surface area contributed by atoms with E-state index in [1.807, 2.05) is 0 Å². The number of aliphatic hydroxyl groups is 2. The van der Waals surface area contributed by atoms with Crippen molar-refractivity contribution >= 4 is 18.0 Å². The Morgan fingerprint density at radius 3 is 2.47 bits per heavy atom. The lowest BCUT2D eigenvalue weighted by atomic mass is 10.1. The van der Waals surface area contributed by atoms with Crippen LogP contribution < -0.4 is 22.5 Å². The van der Waals surface area contributed by atoms with E-state index in [9.17, 15) is 15.0 Å². The van der Waals surface area contributed by atoms with Crippen molar-refractivity contribution in [2.75, 3.05) is 18.1 Å². The molecule has 0 aromatic heterocycles. The molecule has 114 valence electrons. The van der Waals surface area contributed by atoms with Crippen LogP contribution in [-0.4, -0.2) is 59.1 Å². The normalized spacial score (nSPS) is 17.7. The van der Waals surface area contributed by atoms with Crippen molar-refractivity contribution in [3.05, 3.63) is 0 Å². The van der Waals surface area contributed by atoms with Crippen molar-refractivity contribution < 1.29 is 15.0 Å². The molecule has 0 aromatic carbocycles. The molecule has 7 nitrogen and oxygen atoms in total. The molecule has 8 heteroatoms. The molecule has 0 spiro atoms. The quantitative estimate of drug-likeness (QED) is 0.137. The summed E-state index contributed by atoms with van der Waals surface area (Å²) < 4.78 is 0. The third-order valence-electron chi connectivity index (χ3n) is 2.68. The average Bonchev–Trinajstić information content (AvgIpc) is 2.37. The van der Waals surface area contributed by atoms with Crippen LogP contribution in [-0.2, 0) is 4.79 Å². The number of unbranched alkanes of at least 4 members (excludes halogenated alkanes) is 1. The van der Waals surface area contributed by atoms with E-state index >= 15 is 0 Å². The van der Waals surface area contributed by atoms with E-state index in [-0.39, 0.29) is 0 Å². The number of carbonyl (C=O) groups is 1. The molecule has 0 aliphatic carbocycles. The molecule has 0 amide bonds. The van der Waals surface area contributed by atoms with Crippen molar-refractivity contribution in [3.8, 4) is 0 Å². The number of hydrogen-bond acceptors (Lipinski definition) is 8. The number of nitrogens with one attached hydrogen (secondary N) is 1. The molecule has 4 atom stereocenters. The highest BCUT2D eigenvalue weighted by Gasteiger charge is 2.22. The van der Waals surface area contributed by atoms with E-state index in [4.69, 9.17) is 17.2 Å². The van der Waals surface area contributed by atoms with Crippen LogP contribution in [0, 0.1) is 0 Å². The Labute approximate surface area is 118 Å². The second kappa shape index (κ2) is 11.6. The van der Waals surface area contributed by atoms with E-state index < -0.39 is 24.5 Å². The largest absolute Gasteiger partial charge is 0.377 e. The number of nitrogens with two attached hydrogens (primary N) is 3. The van der Waals surface area contributed by atoms with Crippen LogP contribution in [0.15, 0.2) is 0 Å². The highest BCUT2D eigenvalue weighted by Crippen LogP contribution is 2.06. The molecule has 19 heavy (non-hydrogen) atoms. The fourth-order valence-electron chi connectivity index (χ4n) is 1.51. The molecule has 0 bridgehead atoms. The van der Waals surface area contributed by atoms with Crippen LogP contribution in [0.3, 0.4) is 0 Å². The first-order valence-electron chi connectivity index (χ1n) is 6.37. The van der Waals surface area contributed by atoms with Gasteiger partial charge in [0.25, 0.3) is 0 Å². The van der Waals surface area contributed by atoms with Gasteiger partial charge in [-0.25, -0.2) is 0 Å². The first kappa shape index (κ1) is 18.8. The molecule has 0 radical (unpaired) electrons. The van der Waals surface area contributed by atoms with Gasteiger partial charge in [-0.3, -0.25) is 5.32 Å². The van der Waals surface area contributed by atoms with Crippen LogP contribution in [0.2, 0.25) is 0 Å². The van der Waals surface area contributed by atoms with Gasteiger partial charge < -0.3 is 32.2 Å². The Morgan fingerprint density at radius 2 is 1.95 bits per heavy atom. The second-order valence-electron chi connectivity index (χ2n) is 4.36. The van der Waals surface area contributed by atoms with E-state index in [0.29, 0.717) is 24.5 Å². The maximum Gasteiger partial charge on any atom is 0.129 e. The van der Waals surface area contributed by atoms with Gasteiger partial charge in [0.15, 0.2) is 0 Å². The Bertz CT molecular complexity index is 234. The Hall–Kier alpha value is -0.220. The summed E-state index contributed by atoms with van der Waals surface area (Å²) in [5, 5.41) is 22.1. The van der Waals surface area contributed by atoms with Gasteiger partial charge in [0.05, 0.1) is 6.04 Å². The molecule has 0 heterocycles. The molecule has 0 saturated heterocycles. The number of aldehydes is 1. The Balaban J connectivity index is 4.06. The van der Waals surface area contributed by atoms with Crippen molar-refractivity contribution in [1.82, 2.24) is 5.32 Å². The predicted molar refractivity (Wildman–Crippen MR) is 77.4 cm³/mol. The zero-order valence-electron chi connectivity index (χ0n) is 11.1. The average molecular weight is 294 g/mol. The monoisotopic (exact) mass is 294 g/mol. The summed E-state index contributed by atoms with van der Waals surface area (Å²) in [6.07, 6.45) is 1.05. The minimum absolute atomic E-state index is 0.323. The Kier molecular flexibility index (Phi) is 11.5. The predicted octanol–water partition coefficient (Wildman–Crippen LogP) is -2.07. The molecule has 0 rings (SSSR count). The molecule has 0 aliphatic rings. The van der Waals surface area contributed by atoms with E-state index in [1.165, 1.54) is 11.8 Å². The number of carbonyl (C=O) groups excluding carboxylic acids is 1. The summed E-state index contributed by atoms with van der Waals surface area (Å²) in [7, 11) is 0. The van der Waals surface area contributed by atoms with E-state index in [1.54, 1.807) is 0 Å². The van der Waals surface area contributed by atoms with Crippen molar-refractivity contribution in [2.45, 2.75) is 43.8 Å². The highest BCUT2D eigenvalue weighted by atomic mass is 32.2. The lowest BCUT2D eigenvalue weighted by Crippen LogP contribution is -2.56.